The number of amides is 3. The van der Waals surface area contributed by atoms with E-state index in [1.54, 1.807) is 0 Å². The molecule has 3 N–H and O–H groups in total. The number of carbonyl (C=O) groups is 3. The molecule has 0 bridgehead atoms. The minimum atomic E-state index is -0.701. The Bertz CT molecular complexity index is 697. The van der Waals surface area contributed by atoms with E-state index in [-0.39, 0.29) is 18.4 Å². The Morgan fingerprint density at radius 2 is 2.10 bits per heavy atom. The number of hydrogen-bond donors (Lipinski definition) is 3. The van der Waals surface area contributed by atoms with Crippen molar-refractivity contribution in [2.24, 2.45) is 11.8 Å². The minimum absolute atomic E-state index is 0.0878. The lowest BCUT2D eigenvalue weighted by Crippen LogP contribution is -2.59. The van der Waals surface area contributed by atoms with E-state index in [0.717, 1.165) is 32.1 Å². The van der Waals surface area contributed by atoms with Crippen molar-refractivity contribution in [1.82, 2.24) is 25.5 Å². The number of nitrogens with zero attached hydrogens (tertiary/aromatic N) is 4. The van der Waals surface area contributed by atoms with Crippen LogP contribution >= 0.6 is 0 Å². The summed E-state index contributed by atoms with van der Waals surface area (Å²) in [6.45, 7) is 0.489. The van der Waals surface area contributed by atoms with Gasteiger partial charge in [0.25, 0.3) is 0 Å². The van der Waals surface area contributed by atoms with Gasteiger partial charge in [-0.2, -0.15) is 0 Å². The van der Waals surface area contributed by atoms with Crippen LogP contribution in [0.25, 0.3) is 0 Å². The van der Waals surface area contributed by atoms with Gasteiger partial charge in [-0.3, -0.25) is 29.6 Å². The minimum Gasteiger partial charge on any atom is -0.308 e. The molecule has 3 rings (SSSR count). The lowest BCUT2D eigenvalue weighted by atomic mass is 9.91. The molecular weight excluding hydrogens is 376 g/mol. The van der Waals surface area contributed by atoms with E-state index >= 15 is 0 Å². The summed E-state index contributed by atoms with van der Waals surface area (Å²) in [6, 6.07) is -0.701. The number of aromatic nitrogens is 2. The fourth-order valence-electron chi connectivity index (χ4n) is 4.15. The molecule has 2 atom stereocenters. The lowest BCUT2D eigenvalue weighted by Gasteiger charge is -2.37. The van der Waals surface area contributed by atoms with Gasteiger partial charge in [0, 0.05) is 18.9 Å². The van der Waals surface area contributed by atoms with Gasteiger partial charge in [-0.1, -0.05) is 25.7 Å². The molecule has 1 saturated carbocycles. The number of rotatable bonds is 8. The van der Waals surface area contributed by atoms with Crippen LogP contribution < -0.4 is 10.7 Å². The molecule has 0 aromatic carbocycles. The molecule has 2 heterocycles. The summed E-state index contributed by atoms with van der Waals surface area (Å²) in [5.74, 6) is -0.495. The molecule has 10 heteroatoms. The maximum Gasteiger partial charge on any atom is 0.249 e. The fraction of sp³-hybridized carbons (Fsp3) is 0.632. The van der Waals surface area contributed by atoms with Gasteiger partial charge in [-0.25, -0.2) is 15.5 Å². The highest BCUT2D eigenvalue weighted by atomic mass is 16.5. The van der Waals surface area contributed by atoms with Crippen molar-refractivity contribution in [2.45, 2.75) is 51.0 Å². The summed E-state index contributed by atoms with van der Waals surface area (Å²) in [7, 11) is 0. The summed E-state index contributed by atoms with van der Waals surface area (Å²) in [5.41, 5.74) is 3.03. The molecule has 2 fully saturated rings. The van der Waals surface area contributed by atoms with Crippen LogP contribution in [0.4, 0.5) is 5.82 Å². The molecule has 1 aromatic heterocycles. The second-order valence-corrected chi connectivity index (χ2v) is 7.66. The van der Waals surface area contributed by atoms with E-state index in [4.69, 9.17) is 0 Å². The molecule has 158 valence electrons. The quantitative estimate of drug-likeness (QED) is 0.334. The third-order valence-corrected chi connectivity index (χ3v) is 5.57. The van der Waals surface area contributed by atoms with E-state index < -0.39 is 12.0 Å². The highest BCUT2D eigenvalue weighted by molar-refractivity contribution is 5.96. The zero-order valence-corrected chi connectivity index (χ0v) is 16.4. The summed E-state index contributed by atoms with van der Waals surface area (Å²) >= 11 is 0. The number of hydrazine groups is 1. The molecule has 2 aliphatic rings. The molecule has 0 spiro atoms. The highest BCUT2D eigenvalue weighted by Crippen LogP contribution is 2.31. The van der Waals surface area contributed by atoms with E-state index in [9.17, 15) is 19.6 Å². The average molecular weight is 404 g/mol. The first-order valence-electron chi connectivity index (χ1n) is 10.1. The Morgan fingerprint density at radius 3 is 2.79 bits per heavy atom. The number of nitrogens with one attached hydrogen (secondary N) is 2. The van der Waals surface area contributed by atoms with Crippen molar-refractivity contribution in [2.75, 3.05) is 18.4 Å². The van der Waals surface area contributed by atoms with Crippen molar-refractivity contribution >= 4 is 24.0 Å². The first-order chi connectivity index (χ1) is 14.1. The maximum atomic E-state index is 13.3. The first-order valence-corrected chi connectivity index (χ1v) is 10.1. The molecule has 29 heavy (non-hydrogen) atoms. The average Bonchev–Trinajstić information content (AvgIpc) is 3.26. The van der Waals surface area contributed by atoms with Crippen LogP contribution in [0.1, 0.15) is 44.9 Å². The van der Waals surface area contributed by atoms with E-state index in [1.165, 1.54) is 23.6 Å². The molecule has 1 aliphatic carbocycles. The van der Waals surface area contributed by atoms with Crippen LogP contribution in [0, 0.1) is 11.8 Å². The number of carbonyl (C=O) groups excluding carboxylic acids is 3. The van der Waals surface area contributed by atoms with Crippen LogP contribution in [0.2, 0.25) is 0 Å². The fourth-order valence-corrected chi connectivity index (χ4v) is 4.15. The van der Waals surface area contributed by atoms with Crippen molar-refractivity contribution < 1.29 is 19.6 Å². The number of hydroxylamine groups is 2. The SMILES string of the molecule is O=CN(O)C[C@@H](CC1CCCC1)C(=O)N1NCCC[C@H]1C(=O)Nc1cnccn1. The van der Waals surface area contributed by atoms with Crippen LogP contribution in [0.15, 0.2) is 18.6 Å². The predicted molar refractivity (Wildman–Crippen MR) is 103 cm³/mol. The van der Waals surface area contributed by atoms with Crippen molar-refractivity contribution in [3.8, 4) is 0 Å². The zero-order valence-electron chi connectivity index (χ0n) is 16.4. The Balaban J connectivity index is 1.72. The van der Waals surface area contributed by atoms with Gasteiger partial charge < -0.3 is 5.32 Å². The second kappa shape index (κ2) is 10.3. The lowest BCUT2D eigenvalue weighted by molar-refractivity contribution is -0.161. The largest absolute Gasteiger partial charge is 0.308 e. The van der Waals surface area contributed by atoms with Gasteiger partial charge in [0.15, 0.2) is 5.82 Å². The monoisotopic (exact) mass is 404 g/mol. The van der Waals surface area contributed by atoms with E-state index in [0.29, 0.717) is 42.6 Å². The summed E-state index contributed by atoms with van der Waals surface area (Å²) in [6.07, 6.45) is 10.9. The van der Waals surface area contributed by atoms with Crippen LogP contribution in [0.3, 0.4) is 0 Å². The van der Waals surface area contributed by atoms with Gasteiger partial charge >= 0.3 is 0 Å². The molecule has 3 amide bonds. The van der Waals surface area contributed by atoms with Crippen molar-refractivity contribution in [3.05, 3.63) is 18.6 Å². The Kier molecular flexibility index (Phi) is 7.48. The Labute approximate surface area is 169 Å². The van der Waals surface area contributed by atoms with Gasteiger partial charge in [0.05, 0.1) is 18.7 Å². The van der Waals surface area contributed by atoms with Crippen LogP contribution in [-0.4, -0.2) is 62.6 Å². The van der Waals surface area contributed by atoms with Gasteiger partial charge in [-0.05, 0) is 25.2 Å². The second-order valence-electron chi connectivity index (χ2n) is 7.66. The van der Waals surface area contributed by atoms with Crippen LogP contribution in [0.5, 0.6) is 0 Å². The molecule has 1 aliphatic heterocycles. The Morgan fingerprint density at radius 1 is 1.31 bits per heavy atom. The Hall–Kier alpha value is -2.59. The third-order valence-electron chi connectivity index (χ3n) is 5.57. The van der Waals surface area contributed by atoms with E-state index in [2.05, 4.69) is 20.7 Å². The molecule has 1 saturated heterocycles. The predicted octanol–water partition coefficient (Wildman–Crippen LogP) is 0.955. The summed E-state index contributed by atoms with van der Waals surface area (Å²) in [5, 5.41) is 14.3. The van der Waals surface area contributed by atoms with Gasteiger partial charge in [0.2, 0.25) is 18.2 Å². The molecule has 10 nitrogen and oxygen atoms in total. The summed E-state index contributed by atoms with van der Waals surface area (Å²) in [4.78, 5) is 45.0. The normalized spacial score (nSPS) is 20.9. The van der Waals surface area contributed by atoms with Crippen LogP contribution in [-0.2, 0) is 14.4 Å². The summed E-state index contributed by atoms with van der Waals surface area (Å²) < 4.78 is 0. The van der Waals surface area contributed by atoms with Crippen molar-refractivity contribution in [1.29, 1.82) is 0 Å². The number of anilines is 1. The first kappa shape index (κ1) is 21.1. The molecular formula is C19H28N6O4. The molecule has 0 unspecified atom stereocenters. The van der Waals surface area contributed by atoms with Gasteiger partial charge in [-0.15, -0.1) is 0 Å². The highest BCUT2D eigenvalue weighted by Gasteiger charge is 2.37. The van der Waals surface area contributed by atoms with E-state index in [1.807, 2.05) is 0 Å². The number of hydrogen-bond acceptors (Lipinski definition) is 7. The molecule has 1 aromatic rings. The molecule has 0 radical (unpaired) electrons. The smallest absolute Gasteiger partial charge is 0.249 e. The standard InChI is InChI=1S/C19H28N6O4/c26-13-24(29)12-15(10-14-4-1-2-5-14)19(28)25-16(6-3-7-22-25)18(27)23-17-11-20-8-9-21-17/h8-9,11,13-16,22,29H,1-7,10,12H2,(H,21,23,27)/t15-,16+/m1/s1. The van der Waals surface area contributed by atoms with Crippen molar-refractivity contribution in [3.63, 3.8) is 0 Å². The maximum absolute atomic E-state index is 13.3. The van der Waals surface area contributed by atoms with Gasteiger partial charge in [0.1, 0.15) is 6.04 Å². The zero-order chi connectivity index (χ0) is 20.6. The third kappa shape index (κ3) is 5.70. The topological polar surface area (TPSA) is 128 Å².